The Morgan fingerprint density at radius 2 is 2.00 bits per heavy atom. The molecule has 2 aromatic carbocycles. The van der Waals surface area contributed by atoms with E-state index in [1.165, 1.54) is 0 Å². The van der Waals surface area contributed by atoms with E-state index in [4.69, 9.17) is 4.74 Å². The lowest BCUT2D eigenvalue weighted by atomic mass is 10.0. The Labute approximate surface area is 147 Å². The van der Waals surface area contributed by atoms with Crippen molar-refractivity contribution in [1.29, 1.82) is 5.26 Å². The highest BCUT2D eigenvalue weighted by Crippen LogP contribution is 2.23. The van der Waals surface area contributed by atoms with Crippen LogP contribution in [0.4, 0.5) is 5.69 Å². The van der Waals surface area contributed by atoms with Gasteiger partial charge in [-0.05, 0) is 36.2 Å². The number of hydrogen-bond acceptors (Lipinski definition) is 4. The van der Waals surface area contributed by atoms with Crippen molar-refractivity contribution in [3.63, 3.8) is 0 Å². The molecule has 0 radical (unpaired) electrons. The van der Waals surface area contributed by atoms with Gasteiger partial charge in [-0.2, -0.15) is 5.26 Å². The molecule has 124 valence electrons. The summed E-state index contributed by atoms with van der Waals surface area (Å²) in [5.74, 6) is 0.601. The number of nitriles is 1. The highest BCUT2D eigenvalue weighted by Gasteiger charge is 2.06. The van der Waals surface area contributed by atoms with Gasteiger partial charge in [0, 0.05) is 35.3 Å². The summed E-state index contributed by atoms with van der Waals surface area (Å²) in [7, 11) is 1.61. The normalized spacial score (nSPS) is 11.2. The van der Waals surface area contributed by atoms with Crippen molar-refractivity contribution >= 4 is 16.6 Å². The number of fused-ring (bicyclic) bond motifs is 1. The first-order chi connectivity index (χ1) is 12.2. The van der Waals surface area contributed by atoms with Gasteiger partial charge in [-0.3, -0.25) is 0 Å². The molecule has 4 heteroatoms. The van der Waals surface area contributed by atoms with Crippen LogP contribution < -0.4 is 10.1 Å². The monoisotopic (exact) mass is 329 g/mol. The Kier molecular flexibility index (Phi) is 4.96. The van der Waals surface area contributed by atoms with Gasteiger partial charge in [0.25, 0.3) is 0 Å². The minimum Gasteiger partial charge on any atom is -0.481 e. The summed E-state index contributed by atoms with van der Waals surface area (Å²) in [6, 6.07) is 20.1. The van der Waals surface area contributed by atoms with Gasteiger partial charge >= 0.3 is 0 Å². The second-order valence-corrected chi connectivity index (χ2v) is 5.80. The number of rotatable bonds is 5. The third-order valence-electron chi connectivity index (χ3n) is 3.99. The van der Waals surface area contributed by atoms with Gasteiger partial charge in [-0.1, -0.05) is 30.3 Å². The third-order valence-corrected chi connectivity index (χ3v) is 3.99. The van der Waals surface area contributed by atoms with Gasteiger partial charge in [0.05, 0.1) is 18.7 Å². The fourth-order valence-corrected chi connectivity index (χ4v) is 2.68. The van der Waals surface area contributed by atoms with Gasteiger partial charge in [0.2, 0.25) is 5.88 Å². The van der Waals surface area contributed by atoms with Crippen LogP contribution in [0.1, 0.15) is 11.1 Å². The largest absolute Gasteiger partial charge is 0.481 e. The van der Waals surface area contributed by atoms with Crippen LogP contribution in [-0.4, -0.2) is 12.1 Å². The van der Waals surface area contributed by atoms with Crippen LogP contribution in [0.25, 0.3) is 10.9 Å². The van der Waals surface area contributed by atoms with Crippen LogP contribution in [-0.2, 0) is 6.42 Å². The average molecular weight is 329 g/mol. The molecule has 0 spiro atoms. The second kappa shape index (κ2) is 7.50. The van der Waals surface area contributed by atoms with E-state index in [0.29, 0.717) is 17.9 Å². The zero-order valence-electron chi connectivity index (χ0n) is 14.3. The number of nitrogens with one attached hydrogen (secondary N) is 1. The van der Waals surface area contributed by atoms with Crippen molar-refractivity contribution < 1.29 is 4.74 Å². The number of allylic oxidation sites excluding steroid dienone is 1. The lowest BCUT2D eigenvalue weighted by Gasteiger charge is -2.08. The third kappa shape index (κ3) is 3.96. The fraction of sp³-hybridized carbons (Fsp3) is 0.143. The van der Waals surface area contributed by atoms with Crippen molar-refractivity contribution in [2.45, 2.75) is 13.3 Å². The first-order valence-electron chi connectivity index (χ1n) is 8.04. The molecule has 3 aromatic rings. The summed E-state index contributed by atoms with van der Waals surface area (Å²) >= 11 is 0. The molecular formula is C21H19N3O. The number of anilines is 1. The maximum Gasteiger partial charge on any atom is 0.213 e. The summed E-state index contributed by atoms with van der Waals surface area (Å²) in [4.78, 5) is 4.50. The number of aryl methyl sites for hydroxylation is 1. The molecule has 0 saturated heterocycles. The molecule has 0 fully saturated rings. The molecule has 0 aliphatic heterocycles. The zero-order chi connectivity index (χ0) is 17.6. The molecule has 0 saturated carbocycles. The Bertz CT molecular complexity index is 956. The molecule has 3 rings (SSSR count). The number of pyridine rings is 1. The Morgan fingerprint density at radius 1 is 1.20 bits per heavy atom. The number of methoxy groups -OCH3 is 1. The summed E-state index contributed by atoms with van der Waals surface area (Å²) < 4.78 is 5.25. The van der Waals surface area contributed by atoms with Crippen LogP contribution in [0.3, 0.4) is 0 Å². The molecular weight excluding hydrogens is 310 g/mol. The van der Waals surface area contributed by atoms with Crippen molar-refractivity contribution in [3.05, 3.63) is 77.5 Å². The molecule has 0 bridgehead atoms. The number of ether oxygens (including phenoxy) is 1. The number of para-hydroxylation sites is 1. The molecule has 1 aromatic heterocycles. The summed E-state index contributed by atoms with van der Waals surface area (Å²) in [5, 5.41) is 13.7. The van der Waals surface area contributed by atoms with Crippen LogP contribution in [0.15, 0.2) is 66.4 Å². The molecule has 0 aliphatic rings. The smallest absolute Gasteiger partial charge is 0.213 e. The predicted octanol–water partition coefficient (Wildman–Crippen LogP) is 4.61. The number of benzene rings is 2. The highest BCUT2D eigenvalue weighted by molar-refractivity contribution is 5.83. The topological polar surface area (TPSA) is 57.9 Å². The van der Waals surface area contributed by atoms with Crippen LogP contribution in [0, 0.1) is 18.3 Å². The van der Waals surface area contributed by atoms with Crippen molar-refractivity contribution in [2.24, 2.45) is 0 Å². The molecule has 4 nitrogen and oxygen atoms in total. The predicted molar refractivity (Wildman–Crippen MR) is 100 cm³/mol. The Balaban J connectivity index is 1.84. The van der Waals surface area contributed by atoms with Gasteiger partial charge in [0.1, 0.15) is 0 Å². The van der Waals surface area contributed by atoms with E-state index in [1.807, 2.05) is 61.5 Å². The maximum absolute atomic E-state index is 9.41. The van der Waals surface area contributed by atoms with Crippen molar-refractivity contribution in [1.82, 2.24) is 4.98 Å². The van der Waals surface area contributed by atoms with E-state index in [0.717, 1.165) is 27.7 Å². The molecule has 0 atom stereocenters. The Morgan fingerprint density at radius 3 is 2.72 bits per heavy atom. The molecule has 1 heterocycles. The summed E-state index contributed by atoms with van der Waals surface area (Å²) in [6.45, 7) is 2.04. The SMILES string of the molecule is COc1cc(C)c2ccc(C/C(C#N)=C/Nc3ccccc3)cc2n1. The van der Waals surface area contributed by atoms with Gasteiger partial charge in [0.15, 0.2) is 0 Å². The van der Waals surface area contributed by atoms with E-state index < -0.39 is 0 Å². The molecule has 0 unspecified atom stereocenters. The molecule has 25 heavy (non-hydrogen) atoms. The van der Waals surface area contributed by atoms with E-state index in [-0.39, 0.29) is 0 Å². The average Bonchev–Trinajstić information content (AvgIpc) is 2.65. The van der Waals surface area contributed by atoms with Crippen LogP contribution in [0.2, 0.25) is 0 Å². The summed E-state index contributed by atoms with van der Waals surface area (Å²) in [5.41, 5.74) is 4.65. The summed E-state index contributed by atoms with van der Waals surface area (Å²) in [6.07, 6.45) is 2.30. The Hall–Kier alpha value is -3.32. The van der Waals surface area contributed by atoms with Crippen molar-refractivity contribution in [2.75, 3.05) is 12.4 Å². The highest BCUT2D eigenvalue weighted by atomic mass is 16.5. The van der Waals surface area contributed by atoms with Gasteiger partial charge in [-0.25, -0.2) is 4.98 Å². The van der Waals surface area contributed by atoms with Crippen molar-refractivity contribution in [3.8, 4) is 11.9 Å². The van der Waals surface area contributed by atoms with Gasteiger partial charge < -0.3 is 10.1 Å². The van der Waals surface area contributed by atoms with Gasteiger partial charge in [-0.15, -0.1) is 0 Å². The van der Waals surface area contributed by atoms with E-state index in [9.17, 15) is 5.26 Å². The van der Waals surface area contributed by atoms with Crippen LogP contribution >= 0.6 is 0 Å². The minimum atomic E-state index is 0.546. The quantitative estimate of drug-likeness (QED) is 0.694. The standard InChI is InChI=1S/C21H19N3O/c1-15-10-21(25-2)24-20-12-16(8-9-19(15)20)11-17(13-22)14-23-18-6-4-3-5-7-18/h3-10,12,14,23H,11H2,1-2H3/b17-14-. The van der Waals surface area contributed by atoms with E-state index in [1.54, 1.807) is 13.3 Å². The zero-order valence-corrected chi connectivity index (χ0v) is 14.3. The van der Waals surface area contributed by atoms with Crippen LogP contribution in [0.5, 0.6) is 5.88 Å². The molecule has 0 amide bonds. The molecule has 1 N–H and O–H groups in total. The van der Waals surface area contributed by atoms with E-state index in [2.05, 4.69) is 16.4 Å². The first kappa shape index (κ1) is 16.5. The fourth-order valence-electron chi connectivity index (χ4n) is 2.68. The number of nitrogens with zero attached hydrogens (tertiary/aromatic N) is 2. The lowest BCUT2D eigenvalue weighted by molar-refractivity contribution is 0.399. The second-order valence-electron chi connectivity index (χ2n) is 5.80. The molecule has 0 aliphatic carbocycles. The maximum atomic E-state index is 9.41. The minimum absolute atomic E-state index is 0.546. The number of aromatic nitrogens is 1. The number of hydrogen-bond donors (Lipinski definition) is 1. The van der Waals surface area contributed by atoms with E-state index >= 15 is 0 Å². The first-order valence-corrected chi connectivity index (χ1v) is 8.04. The lowest BCUT2D eigenvalue weighted by Crippen LogP contribution is -1.96.